The number of hydrogen-bond acceptors (Lipinski definition) is 3. The molecule has 2 N–H and O–H groups in total. The van der Waals surface area contributed by atoms with E-state index in [0.717, 1.165) is 45.1 Å². The maximum Gasteiger partial charge on any atom is 0.0771 e. The quantitative estimate of drug-likeness (QED) is 0.773. The first-order valence-corrected chi connectivity index (χ1v) is 7.06. The Bertz CT molecular complexity index is 243. The summed E-state index contributed by atoms with van der Waals surface area (Å²) in [6, 6.07) is 0. The van der Waals surface area contributed by atoms with Crippen LogP contribution in [-0.4, -0.2) is 37.0 Å². The molecule has 1 saturated carbocycles. The molecule has 0 bridgehead atoms. The van der Waals surface area contributed by atoms with Crippen molar-refractivity contribution in [1.82, 2.24) is 5.32 Å². The van der Waals surface area contributed by atoms with Gasteiger partial charge in [-0.3, -0.25) is 0 Å². The third-order valence-corrected chi connectivity index (χ3v) is 4.52. The molecule has 1 heterocycles. The van der Waals surface area contributed by atoms with Crippen molar-refractivity contribution >= 4 is 0 Å². The highest BCUT2D eigenvalue weighted by molar-refractivity contribution is 4.89. The first-order valence-electron chi connectivity index (χ1n) is 7.06. The molecule has 0 atom stereocenters. The van der Waals surface area contributed by atoms with E-state index >= 15 is 0 Å². The minimum Gasteiger partial charge on any atom is -0.389 e. The van der Waals surface area contributed by atoms with Gasteiger partial charge >= 0.3 is 0 Å². The Morgan fingerprint density at radius 1 is 1.24 bits per heavy atom. The zero-order chi connectivity index (χ0) is 12.4. The van der Waals surface area contributed by atoms with Gasteiger partial charge in [-0.05, 0) is 31.6 Å². The Morgan fingerprint density at radius 3 is 2.35 bits per heavy atom. The summed E-state index contributed by atoms with van der Waals surface area (Å²) in [6.45, 7) is 7.92. The molecule has 3 heteroatoms. The zero-order valence-corrected chi connectivity index (χ0v) is 11.3. The van der Waals surface area contributed by atoms with Gasteiger partial charge < -0.3 is 15.2 Å². The minimum absolute atomic E-state index is 0.303. The van der Waals surface area contributed by atoms with Gasteiger partial charge in [0.05, 0.1) is 18.8 Å². The Morgan fingerprint density at radius 2 is 1.88 bits per heavy atom. The molecule has 2 aliphatic rings. The van der Waals surface area contributed by atoms with Crippen LogP contribution in [0.5, 0.6) is 0 Å². The van der Waals surface area contributed by atoms with E-state index in [0.29, 0.717) is 5.41 Å². The van der Waals surface area contributed by atoms with Crippen molar-refractivity contribution in [1.29, 1.82) is 0 Å². The van der Waals surface area contributed by atoms with Gasteiger partial charge in [0, 0.05) is 18.5 Å². The molecule has 0 spiro atoms. The van der Waals surface area contributed by atoms with Crippen molar-refractivity contribution in [2.75, 3.05) is 26.3 Å². The van der Waals surface area contributed by atoms with Gasteiger partial charge in [0.1, 0.15) is 0 Å². The standard InChI is InChI=1S/C14H27NO2/c1-3-12-4-6-14(16,7-5-12)9-15-8-13(2)10-17-11-13/h12,15-16H,3-11H2,1-2H3. The smallest absolute Gasteiger partial charge is 0.0771 e. The van der Waals surface area contributed by atoms with Gasteiger partial charge in [-0.15, -0.1) is 0 Å². The lowest BCUT2D eigenvalue weighted by Gasteiger charge is -2.40. The molecule has 0 aromatic heterocycles. The largest absolute Gasteiger partial charge is 0.389 e. The van der Waals surface area contributed by atoms with Crippen LogP contribution in [0.15, 0.2) is 0 Å². The van der Waals surface area contributed by atoms with Crippen molar-refractivity contribution in [3.05, 3.63) is 0 Å². The maximum atomic E-state index is 10.5. The lowest BCUT2D eigenvalue weighted by Crippen LogP contribution is -2.51. The molecule has 17 heavy (non-hydrogen) atoms. The number of rotatable bonds is 5. The fourth-order valence-corrected chi connectivity index (χ4v) is 2.95. The van der Waals surface area contributed by atoms with E-state index in [4.69, 9.17) is 4.74 Å². The van der Waals surface area contributed by atoms with Crippen molar-refractivity contribution in [2.24, 2.45) is 11.3 Å². The highest BCUT2D eigenvalue weighted by atomic mass is 16.5. The summed E-state index contributed by atoms with van der Waals surface area (Å²) in [4.78, 5) is 0. The second-order valence-electron chi connectivity index (χ2n) is 6.48. The molecule has 2 fully saturated rings. The van der Waals surface area contributed by atoms with Gasteiger partial charge in [-0.1, -0.05) is 20.3 Å². The summed E-state index contributed by atoms with van der Waals surface area (Å²) in [6.07, 6.45) is 5.57. The molecule has 0 unspecified atom stereocenters. The Labute approximate surface area is 105 Å². The lowest BCUT2D eigenvalue weighted by molar-refractivity contribution is -0.102. The van der Waals surface area contributed by atoms with E-state index in [1.807, 2.05) is 0 Å². The fraction of sp³-hybridized carbons (Fsp3) is 1.00. The van der Waals surface area contributed by atoms with Crippen molar-refractivity contribution < 1.29 is 9.84 Å². The van der Waals surface area contributed by atoms with Crippen LogP contribution in [0.2, 0.25) is 0 Å². The van der Waals surface area contributed by atoms with Crippen LogP contribution in [0.4, 0.5) is 0 Å². The predicted molar refractivity (Wildman–Crippen MR) is 69.0 cm³/mol. The summed E-state index contributed by atoms with van der Waals surface area (Å²) < 4.78 is 5.23. The zero-order valence-electron chi connectivity index (χ0n) is 11.3. The van der Waals surface area contributed by atoms with Crippen LogP contribution in [0.3, 0.4) is 0 Å². The number of aliphatic hydroxyl groups is 1. The molecular weight excluding hydrogens is 214 g/mol. The Balaban J connectivity index is 1.67. The van der Waals surface area contributed by atoms with Gasteiger partial charge in [0.25, 0.3) is 0 Å². The normalized spacial score (nSPS) is 36.5. The van der Waals surface area contributed by atoms with E-state index in [1.54, 1.807) is 0 Å². The summed E-state index contributed by atoms with van der Waals surface area (Å²) in [5.41, 5.74) is -0.149. The van der Waals surface area contributed by atoms with E-state index in [2.05, 4.69) is 19.2 Å². The molecular formula is C14H27NO2. The van der Waals surface area contributed by atoms with Gasteiger partial charge in [0.2, 0.25) is 0 Å². The van der Waals surface area contributed by atoms with E-state index in [-0.39, 0.29) is 0 Å². The molecule has 1 saturated heterocycles. The predicted octanol–water partition coefficient (Wildman–Crippen LogP) is 1.94. The van der Waals surface area contributed by atoms with Crippen LogP contribution >= 0.6 is 0 Å². The fourth-order valence-electron chi connectivity index (χ4n) is 2.95. The summed E-state index contributed by atoms with van der Waals surface area (Å²) in [7, 11) is 0. The average Bonchev–Trinajstić information content (AvgIpc) is 2.28. The summed E-state index contributed by atoms with van der Waals surface area (Å²) >= 11 is 0. The minimum atomic E-state index is -0.452. The third-order valence-electron chi connectivity index (χ3n) is 4.52. The molecule has 2 rings (SSSR count). The second kappa shape index (κ2) is 5.25. The van der Waals surface area contributed by atoms with Gasteiger partial charge in [-0.2, -0.15) is 0 Å². The van der Waals surface area contributed by atoms with E-state index in [9.17, 15) is 5.11 Å². The number of ether oxygens (including phenoxy) is 1. The molecule has 1 aliphatic heterocycles. The summed E-state index contributed by atoms with van der Waals surface area (Å²) in [5.74, 6) is 0.841. The maximum absolute atomic E-state index is 10.5. The van der Waals surface area contributed by atoms with Crippen molar-refractivity contribution in [2.45, 2.75) is 51.6 Å². The van der Waals surface area contributed by atoms with Crippen LogP contribution in [-0.2, 0) is 4.74 Å². The van der Waals surface area contributed by atoms with E-state index in [1.165, 1.54) is 19.3 Å². The number of hydrogen-bond donors (Lipinski definition) is 2. The van der Waals surface area contributed by atoms with Crippen molar-refractivity contribution in [3.63, 3.8) is 0 Å². The third kappa shape index (κ3) is 3.43. The lowest BCUT2D eigenvalue weighted by atomic mass is 9.77. The second-order valence-corrected chi connectivity index (χ2v) is 6.48. The number of nitrogens with one attached hydrogen (secondary N) is 1. The van der Waals surface area contributed by atoms with Crippen LogP contribution in [0.25, 0.3) is 0 Å². The Kier molecular flexibility index (Phi) is 4.11. The molecule has 0 aromatic rings. The molecule has 100 valence electrons. The van der Waals surface area contributed by atoms with Crippen LogP contribution < -0.4 is 5.32 Å². The average molecular weight is 241 g/mol. The summed E-state index contributed by atoms with van der Waals surface area (Å²) in [5, 5.41) is 13.9. The monoisotopic (exact) mass is 241 g/mol. The highest BCUT2D eigenvalue weighted by Crippen LogP contribution is 2.33. The SMILES string of the molecule is CCC1CCC(O)(CNCC2(C)COC2)CC1. The highest BCUT2D eigenvalue weighted by Gasteiger charge is 2.35. The van der Waals surface area contributed by atoms with Gasteiger partial charge in [0.15, 0.2) is 0 Å². The first kappa shape index (κ1) is 13.3. The molecule has 3 nitrogen and oxygen atoms in total. The molecule has 0 radical (unpaired) electrons. The van der Waals surface area contributed by atoms with Crippen LogP contribution in [0, 0.1) is 11.3 Å². The van der Waals surface area contributed by atoms with Gasteiger partial charge in [-0.25, -0.2) is 0 Å². The Hall–Kier alpha value is -0.120. The molecule has 1 aliphatic carbocycles. The first-order chi connectivity index (χ1) is 8.05. The molecule has 0 aromatic carbocycles. The molecule has 0 amide bonds. The topological polar surface area (TPSA) is 41.5 Å². The van der Waals surface area contributed by atoms with E-state index < -0.39 is 5.60 Å². The van der Waals surface area contributed by atoms with Crippen LogP contribution in [0.1, 0.15) is 46.0 Å². The van der Waals surface area contributed by atoms with Crippen molar-refractivity contribution in [3.8, 4) is 0 Å².